The van der Waals surface area contributed by atoms with E-state index in [4.69, 9.17) is 10.5 Å². The molecule has 1 atom stereocenters. The number of benzene rings is 2. The van der Waals surface area contributed by atoms with E-state index in [0.717, 1.165) is 29.2 Å². The summed E-state index contributed by atoms with van der Waals surface area (Å²) in [7, 11) is 0. The van der Waals surface area contributed by atoms with E-state index in [0.29, 0.717) is 6.61 Å². The van der Waals surface area contributed by atoms with E-state index in [1.165, 1.54) is 0 Å². The van der Waals surface area contributed by atoms with Gasteiger partial charge in [-0.2, -0.15) is 0 Å². The van der Waals surface area contributed by atoms with Crippen molar-refractivity contribution < 1.29 is 9.53 Å². The Morgan fingerprint density at radius 3 is 2.74 bits per heavy atom. The SMILES string of the molecule is CCCCOC(=O)C(N)c1cccc2ccccc12. The van der Waals surface area contributed by atoms with Gasteiger partial charge in [-0.15, -0.1) is 0 Å². The Balaban J connectivity index is 2.21. The number of rotatable bonds is 5. The quantitative estimate of drug-likeness (QED) is 0.661. The van der Waals surface area contributed by atoms with Crippen molar-refractivity contribution in [3.8, 4) is 0 Å². The van der Waals surface area contributed by atoms with Crippen molar-refractivity contribution in [2.45, 2.75) is 25.8 Å². The molecular weight excluding hydrogens is 238 g/mol. The first-order valence-electron chi connectivity index (χ1n) is 6.64. The topological polar surface area (TPSA) is 52.3 Å². The molecule has 0 aliphatic heterocycles. The van der Waals surface area contributed by atoms with Crippen molar-refractivity contribution in [3.05, 3.63) is 48.0 Å². The molecule has 0 aliphatic rings. The van der Waals surface area contributed by atoms with Crippen LogP contribution in [0.2, 0.25) is 0 Å². The highest BCUT2D eigenvalue weighted by Gasteiger charge is 2.19. The Bertz CT molecular complexity index is 560. The third-order valence-corrected chi connectivity index (χ3v) is 3.15. The van der Waals surface area contributed by atoms with Gasteiger partial charge in [0.25, 0.3) is 0 Å². The number of hydrogen-bond donors (Lipinski definition) is 1. The summed E-state index contributed by atoms with van der Waals surface area (Å²) in [5, 5.41) is 2.08. The maximum atomic E-state index is 11.9. The fourth-order valence-electron chi connectivity index (χ4n) is 2.06. The summed E-state index contributed by atoms with van der Waals surface area (Å²) in [6.07, 6.45) is 1.87. The highest BCUT2D eigenvalue weighted by atomic mass is 16.5. The predicted molar refractivity (Wildman–Crippen MR) is 76.7 cm³/mol. The van der Waals surface area contributed by atoms with Crippen LogP contribution in [0.5, 0.6) is 0 Å². The van der Waals surface area contributed by atoms with E-state index in [9.17, 15) is 4.79 Å². The van der Waals surface area contributed by atoms with Gasteiger partial charge in [-0.3, -0.25) is 0 Å². The molecule has 0 amide bonds. The minimum atomic E-state index is -0.719. The summed E-state index contributed by atoms with van der Waals surface area (Å²) in [5.41, 5.74) is 6.83. The van der Waals surface area contributed by atoms with Crippen molar-refractivity contribution in [2.24, 2.45) is 5.73 Å². The second kappa shape index (κ2) is 6.34. The van der Waals surface area contributed by atoms with E-state index in [1.807, 2.05) is 42.5 Å². The molecule has 0 aromatic heterocycles. The smallest absolute Gasteiger partial charge is 0.327 e. The minimum absolute atomic E-state index is 0.357. The molecule has 2 aromatic carbocycles. The molecule has 2 aromatic rings. The van der Waals surface area contributed by atoms with Gasteiger partial charge >= 0.3 is 5.97 Å². The van der Waals surface area contributed by atoms with Crippen LogP contribution in [-0.2, 0) is 9.53 Å². The first-order valence-corrected chi connectivity index (χ1v) is 6.64. The Kier molecular flexibility index (Phi) is 4.53. The van der Waals surface area contributed by atoms with Crippen molar-refractivity contribution in [2.75, 3.05) is 6.61 Å². The number of unbranched alkanes of at least 4 members (excludes halogenated alkanes) is 1. The van der Waals surface area contributed by atoms with Crippen LogP contribution >= 0.6 is 0 Å². The first kappa shape index (κ1) is 13.6. The zero-order chi connectivity index (χ0) is 13.7. The monoisotopic (exact) mass is 257 g/mol. The Morgan fingerprint density at radius 1 is 1.21 bits per heavy atom. The van der Waals surface area contributed by atoms with Crippen LogP contribution in [-0.4, -0.2) is 12.6 Å². The zero-order valence-electron chi connectivity index (χ0n) is 11.1. The van der Waals surface area contributed by atoms with Crippen LogP contribution in [0.15, 0.2) is 42.5 Å². The van der Waals surface area contributed by atoms with Crippen LogP contribution in [0.25, 0.3) is 10.8 Å². The van der Waals surface area contributed by atoms with E-state index in [-0.39, 0.29) is 5.97 Å². The lowest BCUT2D eigenvalue weighted by Crippen LogP contribution is -2.24. The van der Waals surface area contributed by atoms with Crippen molar-refractivity contribution in [1.82, 2.24) is 0 Å². The number of fused-ring (bicyclic) bond motifs is 1. The van der Waals surface area contributed by atoms with Gasteiger partial charge in [0.15, 0.2) is 0 Å². The van der Waals surface area contributed by atoms with Crippen LogP contribution in [0.4, 0.5) is 0 Å². The fourth-order valence-corrected chi connectivity index (χ4v) is 2.06. The van der Waals surface area contributed by atoms with E-state index in [2.05, 4.69) is 6.92 Å². The molecule has 100 valence electrons. The summed E-state index contributed by atoms with van der Waals surface area (Å²) in [6.45, 7) is 2.49. The Morgan fingerprint density at radius 2 is 1.95 bits per heavy atom. The van der Waals surface area contributed by atoms with Gasteiger partial charge in [0.1, 0.15) is 6.04 Å². The number of carbonyl (C=O) groups excluding carboxylic acids is 1. The molecule has 0 radical (unpaired) electrons. The molecule has 0 heterocycles. The molecule has 2 N–H and O–H groups in total. The summed E-state index contributed by atoms with van der Waals surface area (Å²) in [6, 6.07) is 13.0. The molecular formula is C16H19NO2. The summed E-state index contributed by atoms with van der Waals surface area (Å²) >= 11 is 0. The average molecular weight is 257 g/mol. The van der Waals surface area contributed by atoms with Gasteiger partial charge in [0.05, 0.1) is 6.61 Å². The Hall–Kier alpha value is -1.87. The third kappa shape index (κ3) is 3.12. The largest absolute Gasteiger partial charge is 0.464 e. The second-order valence-electron chi connectivity index (χ2n) is 4.57. The van der Waals surface area contributed by atoms with Crippen LogP contribution < -0.4 is 5.73 Å². The summed E-state index contributed by atoms with van der Waals surface area (Å²) < 4.78 is 5.18. The van der Waals surface area contributed by atoms with E-state index >= 15 is 0 Å². The minimum Gasteiger partial charge on any atom is -0.464 e. The lowest BCUT2D eigenvalue weighted by Gasteiger charge is -2.14. The molecule has 0 fully saturated rings. The summed E-state index contributed by atoms with van der Waals surface area (Å²) in [5.74, 6) is -0.357. The molecule has 0 saturated carbocycles. The lowest BCUT2D eigenvalue weighted by molar-refractivity contribution is -0.145. The molecule has 0 aliphatic carbocycles. The van der Waals surface area contributed by atoms with Gasteiger partial charge in [-0.05, 0) is 22.8 Å². The lowest BCUT2D eigenvalue weighted by atomic mass is 9.99. The second-order valence-corrected chi connectivity index (χ2v) is 4.57. The molecule has 0 bridgehead atoms. The van der Waals surface area contributed by atoms with Crippen molar-refractivity contribution in [1.29, 1.82) is 0 Å². The number of nitrogens with two attached hydrogens (primary N) is 1. The van der Waals surface area contributed by atoms with Gasteiger partial charge in [0.2, 0.25) is 0 Å². The third-order valence-electron chi connectivity index (χ3n) is 3.15. The van der Waals surface area contributed by atoms with Crippen LogP contribution in [0.3, 0.4) is 0 Å². The summed E-state index contributed by atoms with van der Waals surface area (Å²) in [4.78, 5) is 11.9. The fraction of sp³-hybridized carbons (Fsp3) is 0.312. The first-order chi connectivity index (χ1) is 9.24. The standard InChI is InChI=1S/C16H19NO2/c1-2-3-11-19-16(18)15(17)14-10-6-8-12-7-4-5-9-13(12)14/h4-10,15H,2-3,11,17H2,1H3. The van der Waals surface area contributed by atoms with Crippen molar-refractivity contribution >= 4 is 16.7 Å². The molecule has 3 nitrogen and oxygen atoms in total. The maximum absolute atomic E-state index is 11.9. The molecule has 19 heavy (non-hydrogen) atoms. The Labute approximate surface area is 113 Å². The van der Waals surface area contributed by atoms with E-state index < -0.39 is 6.04 Å². The number of hydrogen-bond acceptors (Lipinski definition) is 3. The number of ether oxygens (including phenoxy) is 1. The maximum Gasteiger partial charge on any atom is 0.327 e. The highest BCUT2D eigenvalue weighted by Crippen LogP contribution is 2.23. The molecule has 1 unspecified atom stereocenters. The normalized spacial score (nSPS) is 12.3. The zero-order valence-corrected chi connectivity index (χ0v) is 11.1. The van der Waals surface area contributed by atoms with Gasteiger partial charge in [-0.25, -0.2) is 4.79 Å². The molecule has 0 spiro atoms. The number of esters is 1. The molecule has 0 saturated heterocycles. The number of carbonyl (C=O) groups is 1. The van der Waals surface area contributed by atoms with Gasteiger partial charge in [-0.1, -0.05) is 55.8 Å². The predicted octanol–water partition coefficient (Wildman–Crippen LogP) is 3.18. The van der Waals surface area contributed by atoms with Gasteiger partial charge < -0.3 is 10.5 Å². The van der Waals surface area contributed by atoms with Gasteiger partial charge in [0, 0.05) is 0 Å². The highest BCUT2D eigenvalue weighted by molar-refractivity contribution is 5.90. The van der Waals surface area contributed by atoms with Crippen molar-refractivity contribution in [3.63, 3.8) is 0 Å². The molecule has 3 heteroatoms. The van der Waals surface area contributed by atoms with Crippen LogP contribution in [0, 0.1) is 0 Å². The molecule has 2 rings (SSSR count). The van der Waals surface area contributed by atoms with E-state index in [1.54, 1.807) is 0 Å². The average Bonchev–Trinajstić information content (AvgIpc) is 2.46. The van der Waals surface area contributed by atoms with Crippen LogP contribution in [0.1, 0.15) is 31.4 Å².